The van der Waals surface area contributed by atoms with Crippen LogP contribution in [0.5, 0.6) is 0 Å². The summed E-state index contributed by atoms with van der Waals surface area (Å²) >= 11 is 0. The molecule has 1 heterocycles. The minimum atomic E-state index is -0.0542. The van der Waals surface area contributed by atoms with E-state index in [1.165, 1.54) is 19.3 Å². The van der Waals surface area contributed by atoms with Gasteiger partial charge in [0.2, 0.25) is 5.91 Å². The first kappa shape index (κ1) is 19.5. The molecule has 3 rings (SSSR count). The molecule has 27 heavy (non-hydrogen) atoms. The van der Waals surface area contributed by atoms with E-state index in [-0.39, 0.29) is 18.0 Å². The summed E-state index contributed by atoms with van der Waals surface area (Å²) in [6.45, 7) is 3.35. The van der Waals surface area contributed by atoms with E-state index in [0.717, 1.165) is 36.8 Å². The number of nitrogens with zero attached hydrogens (tertiary/aromatic N) is 1. The topological polar surface area (TPSA) is 61.4 Å². The quantitative estimate of drug-likeness (QED) is 0.795. The molecule has 0 atom stereocenters. The van der Waals surface area contributed by atoms with Gasteiger partial charge in [0.15, 0.2) is 0 Å². The zero-order valence-electron chi connectivity index (χ0n) is 16.2. The summed E-state index contributed by atoms with van der Waals surface area (Å²) in [6, 6.07) is 10.5. The van der Waals surface area contributed by atoms with E-state index in [9.17, 15) is 9.59 Å². The van der Waals surface area contributed by atoms with Gasteiger partial charge in [-0.2, -0.15) is 0 Å². The molecular weight excluding hydrogens is 338 g/mol. The first-order valence-electron chi connectivity index (χ1n) is 10.2. The van der Waals surface area contributed by atoms with Gasteiger partial charge in [0.25, 0.3) is 0 Å². The SMILES string of the molecule is C/C(=C/C(=O)NC1CCN(C(=O)NC2CCCCC2)CC1)c1ccccc1. The maximum atomic E-state index is 12.4. The number of allylic oxidation sites excluding steroid dienone is 1. The van der Waals surface area contributed by atoms with Crippen molar-refractivity contribution in [2.24, 2.45) is 0 Å². The van der Waals surface area contributed by atoms with E-state index in [1.54, 1.807) is 6.08 Å². The van der Waals surface area contributed by atoms with Crippen molar-refractivity contribution in [3.05, 3.63) is 42.0 Å². The number of likely N-dealkylation sites (tertiary alicyclic amines) is 1. The molecule has 2 fully saturated rings. The largest absolute Gasteiger partial charge is 0.350 e. The summed E-state index contributed by atoms with van der Waals surface area (Å²) in [5, 5.41) is 6.27. The number of urea groups is 1. The molecule has 0 bridgehead atoms. The van der Waals surface area contributed by atoms with Crippen LogP contribution in [0.2, 0.25) is 0 Å². The fourth-order valence-electron chi connectivity index (χ4n) is 3.96. The smallest absolute Gasteiger partial charge is 0.317 e. The van der Waals surface area contributed by atoms with Crippen molar-refractivity contribution >= 4 is 17.5 Å². The first-order valence-corrected chi connectivity index (χ1v) is 10.2. The summed E-state index contributed by atoms with van der Waals surface area (Å²) in [5.41, 5.74) is 2.01. The van der Waals surface area contributed by atoms with Crippen LogP contribution in [0.15, 0.2) is 36.4 Å². The van der Waals surface area contributed by atoms with Gasteiger partial charge in [-0.15, -0.1) is 0 Å². The minimum Gasteiger partial charge on any atom is -0.350 e. The zero-order chi connectivity index (χ0) is 19.1. The predicted octanol–water partition coefficient (Wildman–Crippen LogP) is 3.71. The van der Waals surface area contributed by atoms with Gasteiger partial charge in [-0.25, -0.2) is 4.79 Å². The number of piperidine rings is 1. The highest BCUT2D eigenvalue weighted by atomic mass is 16.2. The highest BCUT2D eigenvalue weighted by Gasteiger charge is 2.25. The molecular formula is C22H31N3O2. The van der Waals surface area contributed by atoms with Gasteiger partial charge >= 0.3 is 6.03 Å². The van der Waals surface area contributed by atoms with Crippen molar-refractivity contribution in [2.45, 2.75) is 64.0 Å². The van der Waals surface area contributed by atoms with Crippen LogP contribution in [0, 0.1) is 0 Å². The molecule has 1 saturated carbocycles. The molecule has 0 spiro atoms. The van der Waals surface area contributed by atoms with Crippen molar-refractivity contribution in [2.75, 3.05) is 13.1 Å². The molecule has 0 radical (unpaired) electrons. The van der Waals surface area contributed by atoms with Crippen LogP contribution in [0.1, 0.15) is 57.4 Å². The number of benzene rings is 1. The highest BCUT2D eigenvalue weighted by Crippen LogP contribution is 2.18. The second kappa shape index (κ2) is 9.58. The van der Waals surface area contributed by atoms with Crippen molar-refractivity contribution in [1.29, 1.82) is 0 Å². The van der Waals surface area contributed by atoms with E-state index in [4.69, 9.17) is 0 Å². The molecule has 3 amide bonds. The monoisotopic (exact) mass is 369 g/mol. The van der Waals surface area contributed by atoms with Gasteiger partial charge in [-0.1, -0.05) is 49.6 Å². The van der Waals surface area contributed by atoms with Gasteiger partial charge in [-0.05, 0) is 43.7 Å². The van der Waals surface area contributed by atoms with Crippen LogP contribution in [0.25, 0.3) is 5.57 Å². The molecule has 1 aromatic rings. The Kier molecular flexibility index (Phi) is 6.91. The Hall–Kier alpha value is -2.30. The van der Waals surface area contributed by atoms with Crippen molar-refractivity contribution < 1.29 is 9.59 Å². The maximum Gasteiger partial charge on any atom is 0.317 e. The summed E-state index contributed by atoms with van der Waals surface area (Å²) in [4.78, 5) is 26.6. The minimum absolute atomic E-state index is 0.0542. The number of hydrogen-bond acceptors (Lipinski definition) is 2. The zero-order valence-corrected chi connectivity index (χ0v) is 16.2. The maximum absolute atomic E-state index is 12.4. The lowest BCUT2D eigenvalue weighted by atomic mass is 9.95. The summed E-state index contributed by atoms with van der Waals surface area (Å²) in [5.74, 6) is -0.0542. The van der Waals surface area contributed by atoms with E-state index in [2.05, 4.69) is 10.6 Å². The molecule has 0 aromatic heterocycles. The predicted molar refractivity (Wildman–Crippen MR) is 108 cm³/mol. The van der Waals surface area contributed by atoms with Crippen molar-refractivity contribution in [3.63, 3.8) is 0 Å². The van der Waals surface area contributed by atoms with E-state index < -0.39 is 0 Å². The Morgan fingerprint density at radius 2 is 1.56 bits per heavy atom. The second-order valence-corrected chi connectivity index (χ2v) is 7.75. The molecule has 5 heteroatoms. The van der Waals surface area contributed by atoms with E-state index in [1.807, 2.05) is 42.2 Å². The molecule has 2 aliphatic rings. The molecule has 2 N–H and O–H groups in total. The van der Waals surface area contributed by atoms with Crippen molar-refractivity contribution in [1.82, 2.24) is 15.5 Å². The molecule has 1 aliphatic heterocycles. The van der Waals surface area contributed by atoms with Gasteiger partial charge < -0.3 is 15.5 Å². The fraction of sp³-hybridized carbons (Fsp3) is 0.545. The van der Waals surface area contributed by atoms with Crippen LogP contribution in [0.3, 0.4) is 0 Å². The van der Waals surface area contributed by atoms with Crippen LogP contribution >= 0.6 is 0 Å². The Labute approximate surface area is 162 Å². The lowest BCUT2D eigenvalue weighted by molar-refractivity contribution is -0.117. The molecule has 1 aliphatic carbocycles. The second-order valence-electron chi connectivity index (χ2n) is 7.75. The van der Waals surface area contributed by atoms with Crippen LogP contribution in [0.4, 0.5) is 4.79 Å². The molecule has 0 unspecified atom stereocenters. The van der Waals surface area contributed by atoms with Gasteiger partial charge in [0.1, 0.15) is 0 Å². The molecule has 146 valence electrons. The highest BCUT2D eigenvalue weighted by molar-refractivity contribution is 5.95. The standard InChI is InChI=1S/C22H31N3O2/c1-17(18-8-4-2-5-9-18)16-21(26)23-20-12-14-25(15-13-20)22(27)24-19-10-6-3-7-11-19/h2,4-5,8-9,16,19-20H,3,6-7,10-15H2,1H3,(H,23,26)(H,24,27)/b17-16-. The number of carbonyl (C=O) groups excluding carboxylic acids is 2. The van der Waals surface area contributed by atoms with Gasteiger partial charge in [0.05, 0.1) is 0 Å². The third kappa shape index (κ3) is 5.84. The lowest BCUT2D eigenvalue weighted by Gasteiger charge is -2.34. The third-order valence-corrected chi connectivity index (χ3v) is 5.64. The number of nitrogens with one attached hydrogen (secondary N) is 2. The van der Waals surface area contributed by atoms with Crippen LogP contribution < -0.4 is 10.6 Å². The van der Waals surface area contributed by atoms with Gasteiger partial charge in [-0.3, -0.25) is 4.79 Å². The average molecular weight is 370 g/mol. The Bertz CT molecular complexity index is 657. The Morgan fingerprint density at radius 3 is 2.22 bits per heavy atom. The Balaban J connectivity index is 1.42. The molecule has 1 aromatic carbocycles. The molecule has 1 saturated heterocycles. The normalized spacial score (nSPS) is 19.6. The number of rotatable bonds is 4. The lowest BCUT2D eigenvalue weighted by Crippen LogP contribution is -2.51. The number of carbonyl (C=O) groups is 2. The Morgan fingerprint density at radius 1 is 0.926 bits per heavy atom. The molecule has 5 nitrogen and oxygen atoms in total. The van der Waals surface area contributed by atoms with Gasteiger partial charge in [0, 0.05) is 31.2 Å². The average Bonchev–Trinajstić information content (AvgIpc) is 2.70. The fourth-order valence-corrected chi connectivity index (χ4v) is 3.96. The first-order chi connectivity index (χ1) is 13.1. The van der Waals surface area contributed by atoms with E-state index >= 15 is 0 Å². The van der Waals surface area contributed by atoms with Crippen LogP contribution in [-0.2, 0) is 4.79 Å². The summed E-state index contributed by atoms with van der Waals surface area (Å²) in [7, 11) is 0. The van der Waals surface area contributed by atoms with E-state index in [0.29, 0.717) is 19.1 Å². The van der Waals surface area contributed by atoms with Crippen molar-refractivity contribution in [3.8, 4) is 0 Å². The number of amides is 3. The summed E-state index contributed by atoms with van der Waals surface area (Å²) in [6.07, 6.45) is 9.21. The third-order valence-electron chi connectivity index (χ3n) is 5.64. The van der Waals surface area contributed by atoms with Crippen LogP contribution in [-0.4, -0.2) is 42.0 Å². The number of hydrogen-bond donors (Lipinski definition) is 2. The summed E-state index contributed by atoms with van der Waals surface area (Å²) < 4.78 is 0.